The summed E-state index contributed by atoms with van der Waals surface area (Å²) in [6.45, 7) is 2.05. The number of aromatic nitrogens is 1. The molecule has 4 nitrogen and oxygen atoms in total. The quantitative estimate of drug-likeness (QED) is 0.754. The highest BCUT2D eigenvalue weighted by atomic mass is 79.9. The van der Waals surface area contributed by atoms with Crippen LogP contribution < -0.4 is 5.32 Å². The highest BCUT2D eigenvalue weighted by Crippen LogP contribution is 2.37. The van der Waals surface area contributed by atoms with Crippen molar-refractivity contribution in [1.82, 2.24) is 4.98 Å². The second-order valence-corrected chi connectivity index (χ2v) is 6.92. The van der Waals surface area contributed by atoms with Crippen LogP contribution in [0.1, 0.15) is 23.0 Å². The molecule has 1 unspecified atom stereocenters. The number of allylic oxidation sites excluding steroid dienone is 2. The summed E-state index contributed by atoms with van der Waals surface area (Å²) in [7, 11) is 0. The summed E-state index contributed by atoms with van der Waals surface area (Å²) in [5.74, 6) is -0.685. The second kappa shape index (κ2) is 6.80. The third kappa shape index (κ3) is 3.30. The van der Waals surface area contributed by atoms with Crippen molar-refractivity contribution in [2.75, 3.05) is 11.9 Å². The zero-order chi connectivity index (χ0) is 16.4. The molecule has 1 atom stereocenters. The molecule has 1 N–H and O–H groups in total. The molecule has 0 saturated carbocycles. The molecule has 0 aliphatic heterocycles. The number of fused-ring (bicyclic) bond motifs is 1. The van der Waals surface area contributed by atoms with E-state index < -0.39 is 12.0 Å². The molecule has 1 aliphatic rings. The van der Waals surface area contributed by atoms with Crippen LogP contribution in [0.25, 0.3) is 10.1 Å². The average Bonchev–Trinajstić information content (AvgIpc) is 2.89. The number of nitrogens with zero attached hydrogens (tertiary/aromatic N) is 1. The number of hydrogen-bond donors (Lipinski definition) is 1. The van der Waals surface area contributed by atoms with Crippen molar-refractivity contribution >= 4 is 49.0 Å². The van der Waals surface area contributed by atoms with Gasteiger partial charge in [0, 0.05) is 22.3 Å². The van der Waals surface area contributed by atoms with E-state index in [9.17, 15) is 9.18 Å². The minimum Gasteiger partial charge on any atom is -0.462 e. The van der Waals surface area contributed by atoms with Crippen LogP contribution in [0.3, 0.4) is 0 Å². The van der Waals surface area contributed by atoms with Gasteiger partial charge in [-0.3, -0.25) is 4.98 Å². The van der Waals surface area contributed by atoms with Crippen molar-refractivity contribution in [2.24, 2.45) is 0 Å². The predicted molar refractivity (Wildman–Crippen MR) is 93.8 cm³/mol. The van der Waals surface area contributed by atoms with Gasteiger partial charge in [0.15, 0.2) is 0 Å². The van der Waals surface area contributed by atoms with Gasteiger partial charge in [0.1, 0.15) is 10.7 Å². The number of nitrogens with one attached hydrogen (secondary N) is 1. The van der Waals surface area contributed by atoms with Crippen molar-refractivity contribution < 1.29 is 13.9 Å². The maximum Gasteiger partial charge on any atom is 0.350 e. The first-order valence-electron chi connectivity index (χ1n) is 7.13. The van der Waals surface area contributed by atoms with Crippen molar-refractivity contribution in [3.63, 3.8) is 0 Å². The number of halogens is 2. The van der Waals surface area contributed by atoms with E-state index in [-0.39, 0.29) is 12.4 Å². The van der Waals surface area contributed by atoms with Crippen LogP contribution >= 0.6 is 27.3 Å². The number of carbonyl (C=O) groups excluding carboxylic acids is 1. The van der Waals surface area contributed by atoms with Gasteiger partial charge in [-0.15, -0.1) is 11.3 Å². The summed E-state index contributed by atoms with van der Waals surface area (Å²) >= 11 is 4.56. The molecule has 1 aliphatic carbocycles. The minimum absolute atomic E-state index is 0.275. The lowest BCUT2D eigenvalue weighted by Gasteiger charge is -2.20. The monoisotopic (exact) mass is 396 g/mol. The Labute approximate surface area is 145 Å². The smallest absolute Gasteiger partial charge is 0.350 e. The van der Waals surface area contributed by atoms with E-state index in [2.05, 4.69) is 26.2 Å². The predicted octanol–water partition coefficient (Wildman–Crippen LogP) is 4.79. The number of thiophene rings is 1. The zero-order valence-electron chi connectivity index (χ0n) is 12.3. The summed E-state index contributed by atoms with van der Waals surface area (Å²) in [5, 5.41) is 4.00. The van der Waals surface area contributed by atoms with Gasteiger partial charge in [-0.25, -0.2) is 9.18 Å². The van der Waals surface area contributed by atoms with Crippen LogP contribution in [0, 0.1) is 0 Å². The number of carbonyl (C=O) groups is 1. The van der Waals surface area contributed by atoms with Crippen LogP contribution in [0.4, 0.5) is 10.1 Å². The van der Waals surface area contributed by atoms with Gasteiger partial charge in [-0.05, 0) is 25.5 Å². The summed E-state index contributed by atoms with van der Waals surface area (Å²) in [6.07, 6.45) is 7.16. The molecule has 3 rings (SSSR count). The van der Waals surface area contributed by atoms with Crippen LogP contribution in [0.2, 0.25) is 0 Å². The fourth-order valence-electron chi connectivity index (χ4n) is 2.37. The number of hydrogen-bond acceptors (Lipinski definition) is 5. The summed E-state index contributed by atoms with van der Waals surface area (Å²) in [4.78, 5) is 16.7. The standard InChI is InChI=1S/C16H14BrFN2O2S/c1-2-22-16(21)15-14(10-5-6-19-8-13(10)23-15)20-12-4-3-9(17)7-11(12)18/h3,5-8,12,20H,2,4H2,1H3. The molecule has 0 saturated heterocycles. The molecule has 0 spiro atoms. The normalized spacial score (nSPS) is 17.6. The van der Waals surface area contributed by atoms with E-state index in [1.165, 1.54) is 17.4 Å². The molecule has 2 aromatic rings. The zero-order valence-corrected chi connectivity index (χ0v) is 14.7. The SMILES string of the molecule is CCOC(=O)c1sc2cnccc2c1NC1CC=C(Br)C=C1F. The largest absolute Gasteiger partial charge is 0.462 e. The van der Waals surface area contributed by atoms with Crippen molar-refractivity contribution in [1.29, 1.82) is 0 Å². The van der Waals surface area contributed by atoms with Crippen molar-refractivity contribution in [3.05, 3.63) is 45.8 Å². The number of esters is 1. The maximum atomic E-state index is 14.2. The van der Waals surface area contributed by atoms with E-state index >= 15 is 0 Å². The van der Waals surface area contributed by atoms with Crippen LogP contribution in [-0.2, 0) is 4.74 Å². The Bertz CT molecular complexity index is 816. The number of ether oxygens (including phenoxy) is 1. The minimum atomic E-state index is -0.504. The van der Waals surface area contributed by atoms with Gasteiger partial charge < -0.3 is 10.1 Å². The fourth-order valence-corrected chi connectivity index (χ4v) is 3.80. The molecule has 0 radical (unpaired) electrons. The van der Waals surface area contributed by atoms with E-state index in [0.717, 1.165) is 14.6 Å². The van der Waals surface area contributed by atoms with Gasteiger partial charge in [-0.1, -0.05) is 22.0 Å². The molecule has 0 amide bonds. The van der Waals surface area contributed by atoms with Gasteiger partial charge in [0.2, 0.25) is 0 Å². The first kappa shape index (κ1) is 16.1. The molecule has 2 aromatic heterocycles. The summed E-state index contributed by atoms with van der Waals surface area (Å²) < 4.78 is 20.9. The lowest BCUT2D eigenvalue weighted by molar-refractivity contribution is 0.0533. The number of pyridine rings is 1. The molecule has 0 aromatic carbocycles. The highest BCUT2D eigenvalue weighted by Gasteiger charge is 2.24. The van der Waals surface area contributed by atoms with Gasteiger partial charge in [-0.2, -0.15) is 0 Å². The van der Waals surface area contributed by atoms with E-state index in [0.29, 0.717) is 17.0 Å². The van der Waals surface area contributed by atoms with Gasteiger partial charge >= 0.3 is 5.97 Å². The van der Waals surface area contributed by atoms with Crippen LogP contribution in [-0.4, -0.2) is 23.6 Å². The molecule has 0 fully saturated rings. The fraction of sp³-hybridized carbons (Fsp3) is 0.250. The first-order valence-corrected chi connectivity index (χ1v) is 8.74. The maximum absolute atomic E-state index is 14.2. The molecule has 7 heteroatoms. The van der Waals surface area contributed by atoms with Gasteiger partial charge in [0.25, 0.3) is 0 Å². The number of anilines is 1. The Balaban J connectivity index is 2.00. The molecule has 23 heavy (non-hydrogen) atoms. The third-order valence-corrected chi connectivity index (χ3v) is 5.10. The lowest BCUT2D eigenvalue weighted by Crippen LogP contribution is -2.22. The summed E-state index contributed by atoms with van der Waals surface area (Å²) in [6, 6.07) is 1.31. The Kier molecular flexibility index (Phi) is 4.77. The Morgan fingerprint density at radius 1 is 1.61 bits per heavy atom. The van der Waals surface area contributed by atoms with Gasteiger partial charge in [0.05, 0.1) is 23.0 Å². The molecular weight excluding hydrogens is 383 g/mol. The topological polar surface area (TPSA) is 51.2 Å². The molecule has 120 valence electrons. The van der Waals surface area contributed by atoms with Crippen molar-refractivity contribution in [2.45, 2.75) is 19.4 Å². The Hall–Kier alpha value is -1.73. The second-order valence-electron chi connectivity index (χ2n) is 4.95. The lowest BCUT2D eigenvalue weighted by atomic mass is 10.1. The Morgan fingerprint density at radius 3 is 3.17 bits per heavy atom. The Morgan fingerprint density at radius 2 is 2.43 bits per heavy atom. The molecule has 0 bridgehead atoms. The highest BCUT2D eigenvalue weighted by molar-refractivity contribution is 9.11. The van der Waals surface area contributed by atoms with E-state index in [4.69, 9.17) is 4.74 Å². The van der Waals surface area contributed by atoms with Crippen LogP contribution in [0.5, 0.6) is 0 Å². The first-order chi connectivity index (χ1) is 11.1. The molecular formula is C16H14BrFN2O2S. The third-order valence-electron chi connectivity index (χ3n) is 3.43. The number of rotatable bonds is 4. The summed E-state index contributed by atoms with van der Waals surface area (Å²) in [5.41, 5.74) is 0.603. The van der Waals surface area contributed by atoms with Crippen molar-refractivity contribution in [3.8, 4) is 0 Å². The molecule has 2 heterocycles. The van der Waals surface area contributed by atoms with Crippen LogP contribution in [0.15, 0.2) is 40.9 Å². The average molecular weight is 397 g/mol. The van der Waals surface area contributed by atoms with E-state index in [1.807, 2.05) is 12.1 Å². The van der Waals surface area contributed by atoms with E-state index in [1.54, 1.807) is 19.3 Å².